The van der Waals surface area contributed by atoms with Crippen molar-refractivity contribution in [3.63, 3.8) is 0 Å². The number of carboxylic acids is 1. The summed E-state index contributed by atoms with van der Waals surface area (Å²) in [6.45, 7) is 2.56. The van der Waals surface area contributed by atoms with Crippen molar-refractivity contribution in [2.45, 2.75) is 63.7 Å². The van der Waals surface area contributed by atoms with Crippen LogP contribution in [0.25, 0.3) is 0 Å². The van der Waals surface area contributed by atoms with E-state index >= 15 is 0 Å². The lowest BCUT2D eigenvalue weighted by molar-refractivity contribution is -0.144. The minimum Gasteiger partial charge on any atom is -0.508 e. The highest BCUT2D eigenvalue weighted by Crippen LogP contribution is 2.12. The van der Waals surface area contributed by atoms with Crippen molar-refractivity contribution >= 4 is 29.6 Å². The summed E-state index contributed by atoms with van der Waals surface area (Å²) >= 11 is 0. The Morgan fingerprint density at radius 3 is 2.00 bits per heavy atom. The molecule has 200 valence electrons. The Morgan fingerprint density at radius 1 is 0.944 bits per heavy atom. The number of nitrogens with two attached hydrogens (primary N) is 2. The first-order valence-corrected chi connectivity index (χ1v) is 11.5. The van der Waals surface area contributed by atoms with Gasteiger partial charge in [-0.2, -0.15) is 0 Å². The normalized spacial score (nSPS) is 15.0. The molecule has 0 radical (unpaired) electrons. The Bertz CT molecular complexity index is 924. The number of nitrogens with one attached hydrogen (secondary N) is 3. The van der Waals surface area contributed by atoms with Crippen molar-refractivity contribution in [2.24, 2.45) is 17.4 Å². The number of phenolic OH excluding ortho intramolecular Hbond substituents is 1. The molecular formula is C23H35N5O8. The highest BCUT2D eigenvalue weighted by Gasteiger charge is 2.31. The molecule has 10 N–H and O–H groups in total. The van der Waals surface area contributed by atoms with Gasteiger partial charge in [-0.1, -0.05) is 32.4 Å². The van der Waals surface area contributed by atoms with Gasteiger partial charge in [0.05, 0.1) is 12.6 Å². The Hall–Kier alpha value is -3.71. The molecule has 4 amide bonds. The minimum atomic E-state index is -1.49. The summed E-state index contributed by atoms with van der Waals surface area (Å²) in [5, 5.41) is 35.7. The molecule has 13 nitrogen and oxygen atoms in total. The van der Waals surface area contributed by atoms with Crippen LogP contribution in [0.5, 0.6) is 5.75 Å². The predicted molar refractivity (Wildman–Crippen MR) is 128 cm³/mol. The number of aliphatic carboxylic acids is 1. The number of benzene rings is 1. The third kappa shape index (κ3) is 9.88. The van der Waals surface area contributed by atoms with Gasteiger partial charge in [0.2, 0.25) is 23.6 Å². The average molecular weight is 510 g/mol. The number of primary amides is 1. The molecule has 0 aliphatic rings. The third-order valence-electron chi connectivity index (χ3n) is 5.64. The smallest absolute Gasteiger partial charge is 0.326 e. The van der Waals surface area contributed by atoms with Crippen molar-refractivity contribution in [1.29, 1.82) is 0 Å². The number of carbonyl (C=O) groups excluding carboxylic acids is 4. The van der Waals surface area contributed by atoms with Crippen molar-refractivity contribution < 1.29 is 39.3 Å². The average Bonchev–Trinajstić information content (AvgIpc) is 2.83. The molecule has 0 spiro atoms. The Kier molecular flexibility index (Phi) is 12.3. The molecule has 0 heterocycles. The van der Waals surface area contributed by atoms with E-state index < -0.39 is 66.3 Å². The maximum absolute atomic E-state index is 13.0. The van der Waals surface area contributed by atoms with Gasteiger partial charge in [-0.05, 0) is 30.0 Å². The first-order chi connectivity index (χ1) is 16.9. The fraction of sp³-hybridized carbons (Fsp3) is 0.522. The second-order valence-corrected chi connectivity index (χ2v) is 8.50. The molecular weight excluding hydrogens is 474 g/mol. The van der Waals surface area contributed by atoms with Crippen LogP contribution in [0.15, 0.2) is 24.3 Å². The number of hydrogen-bond donors (Lipinski definition) is 8. The van der Waals surface area contributed by atoms with Gasteiger partial charge < -0.3 is 42.7 Å². The second-order valence-electron chi connectivity index (χ2n) is 8.50. The number of phenols is 1. The molecule has 0 saturated heterocycles. The molecule has 0 bridgehead atoms. The minimum absolute atomic E-state index is 0.0106. The molecule has 36 heavy (non-hydrogen) atoms. The van der Waals surface area contributed by atoms with Gasteiger partial charge >= 0.3 is 5.97 Å². The van der Waals surface area contributed by atoms with E-state index in [0.29, 0.717) is 12.0 Å². The number of aromatic hydroxyl groups is 1. The number of carbonyl (C=O) groups is 5. The first-order valence-electron chi connectivity index (χ1n) is 11.5. The molecule has 0 fully saturated rings. The lowest BCUT2D eigenvalue weighted by Crippen LogP contribution is -2.59. The number of hydrogen-bond acceptors (Lipinski definition) is 8. The van der Waals surface area contributed by atoms with Crippen molar-refractivity contribution in [3.05, 3.63) is 29.8 Å². The Labute approximate surface area is 208 Å². The summed E-state index contributed by atoms with van der Waals surface area (Å²) < 4.78 is 0. The molecule has 0 saturated carbocycles. The number of aliphatic hydroxyl groups excluding tert-OH is 1. The van der Waals surface area contributed by atoms with Crippen LogP contribution in [0.4, 0.5) is 0 Å². The van der Waals surface area contributed by atoms with Crippen molar-refractivity contribution in [2.75, 3.05) is 6.61 Å². The van der Waals surface area contributed by atoms with E-state index in [0.717, 1.165) is 0 Å². The Morgan fingerprint density at radius 2 is 1.50 bits per heavy atom. The Balaban J connectivity index is 3.03. The molecule has 0 aliphatic carbocycles. The van der Waals surface area contributed by atoms with E-state index in [1.54, 1.807) is 13.8 Å². The van der Waals surface area contributed by atoms with Gasteiger partial charge in [0, 0.05) is 12.8 Å². The van der Waals surface area contributed by atoms with Crippen LogP contribution < -0.4 is 27.4 Å². The summed E-state index contributed by atoms with van der Waals surface area (Å²) in [5.74, 6) is -4.83. The quantitative estimate of drug-likeness (QED) is 0.132. The van der Waals surface area contributed by atoms with Gasteiger partial charge in [-0.3, -0.25) is 19.2 Å². The van der Waals surface area contributed by atoms with Crippen LogP contribution in [-0.4, -0.2) is 75.7 Å². The maximum Gasteiger partial charge on any atom is 0.326 e. The van der Waals surface area contributed by atoms with Crippen LogP contribution in [0.2, 0.25) is 0 Å². The highest BCUT2D eigenvalue weighted by atomic mass is 16.4. The molecule has 1 aromatic rings. The SMILES string of the molecule is CCC(C)C(NC(=O)C(CO)NC(=O)C(Cc1ccc(O)cc1)NC(=O)C(N)CCC(N)=O)C(=O)O. The van der Waals surface area contributed by atoms with Gasteiger partial charge in [-0.15, -0.1) is 0 Å². The molecule has 13 heteroatoms. The first kappa shape index (κ1) is 30.3. The van der Waals surface area contributed by atoms with Gasteiger partial charge in [0.1, 0.15) is 23.9 Å². The number of rotatable bonds is 15. The van der Waals surface area contributed by atoms with E-state index in [9.17, 15) is 39.3 Å². The monoisotopic (exact) mass is 509 g/mol. The molecule has 1 aromatic carbocycles. The summed E-state index contributed by atoms with van der Waals surface area (Å²) in [6.07, 6.45) is 0.203. The molecule has 5 unspecified atom stereocenters. The van der Waals surface area contributed by atoms with Crippen LogP contribution in [0, 0.1) is 5.92 Å². The lowest BCUT2D eigenvalue weighted by Gasteiger charge is -2.25. The van der Waals surface area contributed by atoms with E-state index in [1.165, 1.54) is 24.3 Å². The van der Waals surface area contributed by atoms with E-state index in [-0.39, 0.29) is 25.0 Å². The molecule has 0 aliphatic heterocycles. The summed E-state index contributed by atoms with van der Waals surface area (Å²) in [4.78, 5) is 60.7. The van der Waals surface area contributed by atoms with E-state index in [2.05, 4.69) is 16.0 Å². The largest absolute Gasteiger partial charge is 0.508 e. The van der Waals surface area contributed by atoms with E-state index in [1.807, 2.05) is 0 Å². The number of carboxylic acid groups (broad SMARTS) is 1. The fourth-order valence-corrected chi connectivity index (χ4v) is 3.19. The third-order valence-corrected chi connectivity index (χ3v) is 5.64. The maximum atomic E-state index is 13.0. The van der Waals surface area contributed by atoms with Gasteiger partial charge in [-0.25, -0.2) is 4.79 Å². The molecule has 5 atom stereocenters. The van der Waals surface area contributed by atoms with Crippen LogP contribution in [0.1, 0.15) is 38.7 Å². The van der Waals surface area contributed by atoms with Crippen LogP contribution in [0.3, 0.4) is 0 Å². The zero-order valence-electron chi connectivity index (χ0n) is 20.3. The zero-order chi connectivity index (χ0) is 27.4. The fourth-order valence-electron chi connectivity index (χ4n) is 3.19. The zero-order valence-corrected chi connectivity index (χ0v) is 20.3. The highest BCUT2D eigenvalue weighted by molar-refractivity contribution is 5.94. The topological polar surface area (TPSA) is 234 Å². The standard InChI is InChI=1S/C23H35N5O8/c1-3-12(2)19(23(35)36)28-22(34)17(11-29)27-21(33)16(10-13-4-6-14(30)7-5-13)26-20(32)15(24)8-9-18(25)31/h4-7,12,15-17,19,29-30H,3,8-11,24H2,1-2H3,(H2,25,31)(H,26,32)(H,27,33)(H,28,34)(H,35,36). The predicted octanol–water partition coefficient (Wildman–Crippen LogP) is -1.90. The van der Waals surface area contributed by atoms with Gasteiger partial charge in [0.15, 0.2) is 0 Å². The number of aliphatic hydroxyl groups is 1. The summed E-state index contributed by atoms with van der Waals surface area (Å²) in [6, 6.07) is 0.689. The van der Waals surface area contributed by atoms with Crippen molar-refractivity contribution in [1.82, 2.24) is 16.0 Å². The second kappa shape index (κ2) is 14.6. The van der Waals surface area contributed by atoms with Crippen molar-refractivity contribution in [3.8, 4) is 5.75 Å². The number of amides is 4. The van der Waals surface area contributed by atoms with Crippen LogP contribution >= 0.6 is 0 Å². The van der Waals surface area contributed by atoms with Crippen LogP contribution in [-0.2, 0) is 30.4 Å². The summed E-state index contributed by atoms with van der Waals surface area (Å²) in [5.41, 5.74) is 11.4. The lowest BCUT2D eigenvalue weighted by atomic mass is 9.99. The molecule has 1 rings (SSSR count). The molecule has 0 aromatic heterocycles. The van der Waals surface area contributed by atoms with Gasteiger partial charge in [0.25, 0.3) is 0 Å². The summed E-state index contributed by atoms with van der Waals surface area (Å²) in [7, 11) is 0. The van der Waals surface area contributed by atoms with E-state index in [4.69, 9.17) is 11.5 Å².